The summed E-state index contributed by atoms with van der Waals surface area (Å²) in [6.45, 7) is 16.2. The average Bonchev–Trinajstić information content (AvgIpc) is 3.37. The van der Waals surface area contributed by atoms with Crippen LogP contribution in [0.4, 0.5) is 0 Å². The van der Waals surface area contributed by atoms with Crippen molar-refractivity contribution in [2.24, 2.45) is 23.7 Å². The molecule has 4 N–H and O–H groups in total. The van der Waals surface area contributed by atoms with Crippen LogP contribution in [0.5, 0.6) is 0 Å². The summed E-state index contributed by atoms with van der Waals surface area (Å²) < 4.78 is 0. The van der Waals surface area contributed by atoms with E-state index in [2.05, 4.69) is 20.9 Å². The van der Waals surface area contributed by atoms with Gasteiger partial charge in [-0.15, -0.1) is 11.3 Å². The number of aliphatic hydroxyl groups is 1. The fourth-order valence-corrected chi connectivity index (χ4v) is 5.54. The third-order valence-electron chi connectivity index (χ3n) is 7.24. The Labute approximate surface area is 266 Å². The van der Waals surface area contributed by atoms with Gasteiger partial charge in [-0.05, 0) is 55.7 Å². The molecule has 0 fully saturated rings. The summed E-state index contributed by atoms with van der Waals surface area (Å²) in [5.74, 6) is -1.49. The first kappa shape index (κ1) is 36.9. The summed E-state index contributed by atoms with van der Waals surface area (Å²) >= 11 is 1.49. The van der Waals surface area contributed by atoms with E-state index in [1.807, 2.05) is 53.8 Å². The van der Waals surface area contributed by atoms with E-state index >= 15 is 0 Å². The highest BCUT2D eigenvalue weighted by Crippen LogP contribution is 2.18. The summed E-state index contributed by atoms with van der Waals surface area (Å²) in [5, 5.41) is 22.6. The first-order valence-electron chi connectivity index (χ1n) is 15.4. The number of hydrogen-bond donors (Lipinski definition) is 4. The molecule has 244 valence electrons. The fourth-order valence-electron chi connectivity index (χ4n) is 4.71. The molecule has 11 heteroatoms. The molecule has 4 atom stereocenters. The number of aryl methyl sites for hydroxylation is 1. The molecule has 0 saturated carbocycles. The Morgan fingerprint density at radius 3 is 2.16 bits per heavy atom. The second-order valence-corrected chi connectivity index (χ2v) is 13.9. The fraction of sp³-hybridized carbons (Fsp3) is 0.606. The SMILES string of the molecule is Cc1csc(CN(C)C(=O)c2cccc(C(=O)NC(CC(C)C)C(O)CC(C)C(=O)NC(C(=O)NCC(C)C)C(C)C)c2)n1. The largest absolute Gasteiger partial charge is 0.391 e. The Morgan fingerprint density at radius 2 is 1.59 bits per heavy atom. The normalized spacial score (nSPS) is 14.2. The molecule has 0 aliphatic rings. The molecule has 2 aromatic rings. The number of rotatable bonds is 16. The van der Waals surface area contributed by atoms with Gasteiger partial charge in [0.15, 0.2) is 0 Å². The van der Waals surface area contributed by atoms with Crippen LogP contribution >= 0.6 is 11.3 Å². The number of benzene rings is 1. The molecule has 0 bridgehead atoms. The van der Waals surface area contributed by atoms with E-state index in [-0.39, 0.29) is 41.9 Å². The van der Waals surface area contributed by atoms with Gasteiger partial charge in [0, 0.05) is 41.7 Å². The molecule has 4 unspecified atom stereocenters. The molecular weight excluding hydrogens is 578 g/mol. The van der Waals surface area contributed by atoms with Crippen molar-refractivity contribution >= 4 is 35.0 Å². The zero-order valence-corrected chi connectivity index (χ0v) is 28.5. The zero-order chi connectivity index (χ0) is 33.1. The molecule has 10 nitrogen and oxygen atoms in total. The van der Waals surface area contributed by atoms with Crippen molar-refractivity contribution in [3.05, 3.63) is 51.5 Å². The van der Waals surface area contributed by atoms with Crippen molar-refractivity contribution in [1.29, 1.82) is 0 Å². The first-order valence-corrected chi connectivity index (χ1v) is 16.3. The quantitative estimate of drug-likeness (QED) is 0.220. The number of nitrogens with zero attached hydrogens (tertiary/aromatic N) is 2. The number of thiazole rings is 1. The standard InChI is InChI=1S/C33H51N5O5S/c1-19(2)13-26(27(39)14-22(7)30(40)37-29(21(5)6)32(42)34-16-20(3)4)36-31(41)24-11-10-12-25(15-24)33(43)38(9)17-28-35-23(8)18-44-28/h10-12,15,18-22,26-27,29,39H,13-14,16-17H2,1-9H3,(H,34,42)(H,36,41)(H,37,40). The lowest BCUT2D eigenvalue weighted by Gasteiger charge is -2.29. The van der Waals surface area contributed by atoms with Crippen molar-refractivity contribution in [2.75, 3.05) is 13.6 Å². The third kappa shape index (κ3) is 11.6. The molecule has 0 spiro atoms. The maximum Gasteiger partial charge on any atom is 0.253 e. The van der Waals surface area contributed by atoms with Gasteiger partial charge in [0.05, 0.1) is 18.7 Å². The summed E-state index contributed by atoms with van der Waals surface area (Å²) in [5.41, 5.74) is 1.58. The Hall–Kier alpha value is -3.31. The minimum atomic E-state index is -1.01. The van der Waals surface area contributed by atoms with Gasteiger partial charge in [-0.2, -0.15) is 0 Å². The number of aromatic nitrogens is 1. The van der Waals surface area contributed by atoms with E-state index in [4.69, 9.17) is 0 Å². The van der Waals surface area contributed by atoms with E-state index in [1.54, 1.807) is 43.1 Å². The maximum atomic E-state index is 13.3. The Balaban J connectivity index is 2.08. The van der Waals surface area contributed by atoms with Gasteiger partial charge in [0.2, 0.25) is 11.8 Å². The lowest BCUT2D eigenvalue weighted by molar-refractivity contribution is -0.132. The minimum Gasteiger partial charge on any atom is -0.391 e. The summed E-state index contributed by atoms with van der Waals surface area (Å²) in [4.78, 5) is 58.1. The molecule has 1 heterocycles. The molecule has 2 rings (SSSR count). The monoisotopic (exact) mass is 629 g/mol. The molecule has 1 aromatic carbocycles. The summed E-state index contributed by atoms with van der Waals surface area (Å²) in [7, 11) is 1.69. The Bertz CT molecular complexity index is 1260. The second-order valence-electron chi connectivity index (χ2n) is 12.9. The lowest BCUT2D eigenvalue weighted by Crippen LogP contribution is -2.52. The van der Waals surface area contributed by atoms with Gasteiger partial charge in [-0.3, -0.25) is 19.2 Å². The van der Waals surface area contributed by atoms with Crippen LogP contribution in [0.1, 0.15) is 92.7 Å². The molecule has 1 aromatic heterocycles. The van der Waals surface area contributed by atoms with E-state index in [0.717, 1.165) is 10.7 Å². The van der Waals surface area contributed by atoms with Gasteiger partial charge in [0.1, 0.15) is 11.0 Å². The van der Waals surface area contributed by atoms with Crippen LogP contribution in [-0.4, -0.2) is 70.4 Å². The van der Waals surface area contributed by atoms with Crippen molar-refractivity contribution in [3.63, 3.8) is 0 Å². The third-order valence-corrected chi connectivity index (χ3v) is 8.19. The van der Waals surface area contributed by atoms with E-state index in [0.29, 0.717) is 30.6 Å². The molecule has 44 heavy (non-hydrogen) atoms. The number of carbonyl (C=O) groups excluding carboxylic acids is 4. The minimum absolute atomic E-state index is 0.0987. The van der Waals surface area contributed by atoms with Crippen LogP contribution < -0.4 is 16.0 Å². The summed E-state index contributed by atoms with van der Waals surface area (Å²) in [6, 6.07) is 5.19. The molecule has 0 saturated heterocycles. The predicted molar refractivity (Wildman–Crippen MR) is 174 cm³/mol. The zero-order valence-electron chi connectivity index (χ0n) is 27.6. The second kappa shape index (κ2) is 17.2. The number of hydrogen-bond acceptors (Lipinski definition) is 7. The number of amides is 4. The molecule has 0 aliphatic carbocycles. The van der Waals surface area contributed by atoms with Crippen LogP contribution in [0.3, 0.4) is 0 Å². The van der Waals surface area contributed by atoms with Gasteiger partial charge < -0.3 is 26.0 Å². The predicted octanol–water partition coefficient (Wildman–Crippen LogP) is 4.17. The van der Waals surface area contributed by atoms with Crippen LogP contribution in [-0.2, 0) is 16.1 Å². The van der Waals surface area contributed by atoms with E-state index in [1.165, 1.54) is 11.3 Å². The lowest BCUT2D eigenvalue weighted by atomic mass is 9.91. The van der Waals surface area contributed by atoms with Crippen molar-refractivity contribution in [1.82, 2.24) is 25.8 Å². The van der Waals surface area contributed by atoms with Crippen molar-refractivity contribution < 1.29 is 24.3 Å². The molecular formula is C33H51N5O5S. The molecule has 0 radical (unpaired) electrons. The first-order chi connectivity index (χ1) is 20.6. The van der Waals surface area contributed by atoms with E-state index < -0.39 is 30.0 Å². The molecule has 0 aliphatic heterocycles. The number of nitrogens with one attached hydrogen (secondary N) is 3. The highest BCUT2D eigenvalue weighted by atomic mass is 32.1. The van der Waals surface area contributed by atoms with Crippen LogP contribution in [0.15, 0.2) is 29.6 Å². The van der Waals surface area contributed by atoms with Crippen molar-refractivity contribution in [3.8, 4) is 0 Å². The van der Waals surface area contributed by atoms with Crippen LogP contribution in [0, 0.1) is 30.6 Å². The smallest absolute Gasteiger partial charge is 0.253 e. The van der Waals surface area contributed by atoms with Crippen molar-refractivity contribution in [2.45, 2.75) is 93.0 Å². The topological polar surface area (TPSA) is 141 Å². The number of aliphatic hydroxyl groups excluding tert-OH is 1. The average molecular weight is 630 g/mol. The van der Waals surface area contributed by atoms with Gasteiger partial charge in [0.25, 0.3) is 11.8 Å². The highest BCUT2D eigenvalue weighted by Gasteiger charge is 2.30. The molecule has 4 amide bonds. The number of carbonyl (C=O) groups is 4. The van der Waals surface area contributed by atoms with Crippen LogP contribution in [0.2, 0.25) is 0 Å². The highest BCUT2D eigenvalue weighted by molar-refractivity contribution is 7.09. The Morgan fingerprint density at radius 1 is 0.932 bits per heavy atom. The Kier molecular flexibility index (Phi) is 14.5. The van der Waals surface area contributed by atoms with Gasteiger partial charge in [-0.1, -0.05) is 54.5 Å². The van der Waals surface area contributed by atoms with Gasteiger partial charge in [-0.25, -0.2) is 4.98 Å². The maximum absolute atomic E-state index is 13.3. The summed E-state index contributed by atoms with van der Waals surface area (Å²) in [6.07, 6.45) is -0.420. The van der Waals surface area contributed by atoms with E-state index in [9.17, 15) is 24.3 Å². The van der Waals surface area contributed by atoms with Crippen LogP contribution in [0.25, 0.3) is 0 Å². The van der Waals surface area contributed by atoms with Gasteiger partial charge >= 0.3 is 0 Å².